The van der Waals surface area contributed by atoms with E-state index in [0.717, 1.165) is 38.2 Å². The van der Waals surface area contributed by atoms with Gasteiger partial charge in [0, 0.05) is 30.7 Å². The minimum atomic E-state index is -0.199. The molecule has 2 heterocycles. The molecular weight excluding hydrogens is 312 g/mol. The second kappa shape index (κ2) is 8.74. The van der Waals surface area contributed by atoms with Crippen molar-refractivity contribution in [3.05, 3.63) is 60.4 Å². The molecule has 5 heteroatoms. The fourth-order valence-corrected chi connectivity index (χ4v) is 3.21. The number of carbonyl (C=O) groups excluding carboxylic acids is 1. The maximum absolute atomic E-state index is 12.3. The Morgan fingerprint density at radius 3 is 2.64 bits per heavy atom. The first-order valence-electron chi connectivity index (χ1n) is 8.94. The predicted molar refractivity (Wildman–Crippen MR) is 100 cm³/mol. The number of anilines is 1. The van der Waals surface area contributed by atoms with Gasteiger partial charge in [0.2, 0.25) is 5.91 Å². The van der Waals surface area contributed by atoms with Gasteiger partial charge in [-0.15, -0.1) is 0 Å². The molecule has 1 fully saturated rings. The normalized spacial score (nSPS) is 17.2. The summed E-state index contributed by atoms with van der Waals surface area (Å²) in [4.78, 5) is 18.9. The molecule has 0 saturated carbocycles. The van der Waals surface area contributed by atoms with Gasteiger partial charge in [-0.25, -0.2) is 0 Å². The molecule has 3 rings (SSSR count). The van der Waals surface area contributed by atoms with Gasteiger partial charge in [0.25, 0.3) is 0 Å². The summed E-state index contributed by atoms with van der Waals surface area (Å²) in [7, 11) is 0. The number of pyridine rings is 1. The molecule has 2 aromatic rings. The molecule has 0 aliphatic carbocycles. The number of aromatic nitrogens is 1. The van der Waals surface area contributed by atoms with E-state index in [9.17, 15) is 4.79 Å². The molecule has 1 aromatic carbocycles. The summed E-state index contributed by atoms with van der Waals surface area (Å²) in [5.74, 6) is 0.0176. The van der Waals surface area contributed by atoms with Crippen molar-refractivity contribution in [2.45, 2.75) is 38.4 Å². The van der Waals surface area contributed by atoms with Crippen LogP contribution in [0.15, 0.2) is 54.9 Å². The molecule has 1 saturated heterocycles. The van der Waals surface area contributed by atoms with Gasteiger partial charge in [-0.1, -0.05) is 24.3 Å². The summed E-state index contributed by atoms with van der Waals surface area (Å²) in [5.41, 5.74) is 2.09. The quantitative estimate of drug-likeness (QED) is 0.850. The Labute approximate surface area is 149 Å². The van der Waals surface area contributed by atoms with Crippen LogP contribution in [0.4, 0.5) is 5.69 Å². The lowest BCUT2D eigenvalue weighted by Gasteiger charge is -2.33. The van der Waals surface area contributed by atoms with Crippen LogP contribution in [-0.4, -0.2) is 41.0 Å². The molecule has 1 aliphatic heterocycles. The molecular formula is C20H26N4O. The molecule has 132 valence electrons. The van der Waals surface area contributed by atoms with Crippen molar-refractivity contribution in [1.82, 2.24) is 15.2 Å². The molecule has 2 N–H and O–H groups in total. The number of hydrogen-bond acceptors (Lipinski definition) is 4. The third kappa shape index (κ3) is 5.37. The van der Waals surface area contributed by atoms with Crippen molar-refractivity contribution in [2.75, 3.05) is 18.4 Å². The van der Waals surface area contributed by atoms with E-state index in [2.05, 4.69) is 26.6 Å². The Morgan fingerprint density at radius 1 is 1.20 bits per heavy atom. The molecule has 25 heavy (non-hydrogen) atoms. The van der Waals surface area contributed by atoms with Gasteiger partial charge in [0.15, 0.2) is 0 Å². The van der Waals surface area contributed by atoms with E-state index in [0.29, 0.717) is 6.04 Å². The fourth-order valence-electron chi connectivity index (χ4n) is 3.21. The molecule has 1 amide bonds. The number of piperidine rings is 1. The van der Waals surface area contributed by atoms with Crippen molar-refractivity contribution >= 4 is 11.6 Å². The highest BCUT2D eigenvalue weighted by atomic mass is 16.2. The fraction of sp³-hybridized carbons (Fsp3) is 0.400. The standard InChI is InChI=1S/C20H26N4O/c1-16(20(25)23-18-7-3-2-4-8-18)22-19-9-12-24(13-10-19)15-17-6-5-11-21-14-17/h2-8,11,14,16,19,22H,9-10,12-13,15H2,1H3,(H,23,25). The number of nitrogens with one attached hydrogen (secondary N) is 2. The second-order valence-corrected chi connectivity index (χ2v) is 6.66. The van der Waals surface area contributed by atoms with E-state index in [1.165, 1.54) is 5.56 Å². The Hall–Kier alpha value is -2.24. The van der Waals surface area contributed by atoms with Crippen LogP contribution < -0.4 is 10.6 Å². The highest BCUT2D eigenvalue weighted by molar-refractivity contribution is 5.94. The third-order valence-corrected chi connectivity index (χ3v) is 4.64. The number of hydrogen-bond donors (Lipinski definition) is 2. The Kier molecular flexibility index (Phi) is 6.14. The maximum atomic E-state index is 12.3. The number of rotatable bonds is 6. The van der Waals surface area contributed by atoms with Crippen LogP contribution in [0.5, 0.6) is 0 Å². The van der Waals surface area contributed by atoms with Crippen molar-refractivity contribution in [2.24, 2.45) is 0 Å². The van der Waals surface area contributed by atoms with Gasteiger partial charge >= 0.3 is 0 Å². The zero-order chi connectivity index (χ0) is 17.5. The molecule has 0 radical (unpaired) electrons. The highest BCUT2D eigenvalue weighted by Gasteiger charge is 2.23. The first-order valence-corrected chi connectivity index (χ1v) is 8.94. The van der Waals surface area contributed by atoms with Gasteiger partial charge in [-0.3, -0.25) is 14.7 Å². The van der Waals surface area contributed by atoms with Crippen LogP contribution in [0.2, 0.25) is 0 Å². The van der Waals surface area contributed by atoms with Crippen LogP contribution in [0, 0.1) is 0 Å². The van der Waals surface area contributed by atoms with Crippen molar-refractivity contribution in [3.63, 3.8) is 0 Å². The number of amides is 1. The number of carbonyl (C=O) groups is 1. The summed E-state index contributed by atoms with van der Waals surface area (Å²) < 4.78 is 0. The topological polar surface area (TPSA) is 57.3 Å². The highest BCUT2D eigenvalue weighted by Crippen LogP contribution is 2.14. The molecule has 1 aromatic heterocycles. The average Bonchev–Trinajstić information content (AvgIpc) is 2.65. The largest absolute Gasteiger partial charge is 0.325 e. The molecule has 1 aliphatic rings. The number of likely N-dealkylation sites (tertiary alicyclic amines) is 1. The van der Waals surface area contributed by atoms with Crippen LogP contribution in [0.3, 0.4) is 0 Å². The molecule has 0 bridgehead atoms. The van der Waals surface area contributed by atoms with E-state index in [4.69, 9.17) is 0 Å². The second-order valence-electron chi connectivity index (χ2n) is 6.66. The van der Waals surface area contributed by atoms with E-state index < -0.39 is 0 Å². The van der Waals surface area contributed by atoms with E-state index in [1.54, 1.807) is 0 Å². The number of para-hydroxylation sites is 1. The lowest BCUT2D eigenvalue weighted by Crippen LogP contribution is -2.48. The van der Waals surface area contributed by atoms with E-state index in [-0.39, 0.29) is 11.9 Å². The summed E-state index contributed by atoms with van der Waals surface area (Å²) in [6.07, 6.45) is 5.86. The summed E-state index contributed by atoms with van der Waals surface area (Å²) in [5, 5.41) is 6.43. The van der Waals surface area contributed by atoms with Gasteiger partial charge in [-0.2, -0.15) is 0 Å². The van der Waals surface area contributed by atoms with Gasteiger partial charge in [-0.05, 0) is 56.6 Å². The van der Waals surface area contributed by atoms with Crippen LogP contribution in [0.1, 0.15) is 25.3 Å². The lowest BCUT2D eigenvalue weighted by molar-refractivity contribution is -0.118. The average molecular weight is 338 g/mol. The zero-order valence-electron chi connectivity index (χ0n) is 14.7. The van der Waals surface area contributed by atoms with Crippen LogP contribution in [0.25, 0.3) is 0 Å². The first kappa shape index (κ1) is 17.6. The third-order valence-electron chi connectivity index (χ3n) is 4.64. The molecule has 1 atom stereocenters. The Morgan fingerprint density at radius 2 is 1.96 bits per heavy atom. The van der Waals surface area contributed by atoms with Crippen LogP contribution in [-0.2, 0) is 11.3 Å². The number of nitrogens with zero attached hydrogens (tertiary/aromatic N) is 2. The summed E-state index contributed by atoms with van der Waals surface area (Å²) in [6.45, 7) is 4.96. The van der Waals surface area contributed by atoms with Gasteiger partial charge < -0.3 is 10.6 Å². The zero-order valence-corrected chi connectivity index (χ0v) is 14.7. The monoisotopic (exact) mass is 338 g/mol. The van der Waals surface area contributed by atoms with Crippen LogP contribution >= 0.6 is 0 Å². The first-order chi connectivity index (χ1) is 12.2. The maximum Gasteiger partial charge on any atom is 0.241 e. The SMILES string of the molecule is CC(NC1CCN(Cc2cccnc2)CC1)C(=O)Nc1ccccc1. The molecule has 1 unspecified atom stereocenters. The predicted octanol–water partition coefficient (Wildman–Crippen LogP) is 2.66. The molecule has 5 nitrogen and oxygen atoms in total. The van der Waals surface area contributed by atoms with Crippen molar-refractivity contribution in [1.29, 1.82) is 0 Å². The number of benzene rings is 1. The minimum absolute atomic E-state index is 0.0176. The van der Waals surface area contributed by atoms with Gasteiger partial charge in [0.05, 0.1) is 6.04 Å². The summed E-state index contributed by atoms with van der Waals surface area (Å²) >= 11 is 0. The Bertz CT molecular complexity index is 654. The van der Waals surface area contributed by atoms with E-state index in [1.807, 2.05) is 55.7 Å². The van der Waals surface area contributed by atoms with Crippen molar-refractivity contribution in [3.8, 4) is 0 Å². The molecule has 0 spiro atoms. The van der Waals surface area contributed by atoms with E-state index >= 15 is 0 Å². The smallest absolute Gasteiger partial charge is 0.241 e. The Balaban J connectivity index is 1.41. The van der Waals surface area contributed by atoms with Crippen molar-refractivity contribution < 1.29 is 4.79 Å². The van der Waals surface area contributed by atoms with Gasteiger partial charge in [0.1, 0.15) is 0 Å². The lowest BCUT2D eigenvalue weighted by atomic mass is 10.0. The minimum Gasteiger partial charge on any atom is -0.325 e. The summed E-state index contributed by atoms with van der Waals surface area (Å²) in [6, 6.07) is 13.9.